The lowest BCUT2D eigenvalue weighted by Gasteiger charge is -2.34. The topological polar surface area (TPSA) is 37.1 Å². The molecule has 25 heavy (non-hydrogen) atoms. The average Bonchev–Trinajstić information content (AvgIpc) is 2.62. The van der Waals surface area contributed by atoms with E-state index in [2.05, 4.69) is 4.90 Å². The summed E-state index contributed by atoms with van der Waals surface area (Å²) in [6, 6.07) is 14.1. The van der Waals surface area contributed by atoms with Gasteiger partial charge < -0.3 is 19.6 Å². The largest absolute Gasteiger partial charge is 0.489 e. The minimum absolute atomic E-state index is 0.181. The minimum Gasteiger partial charge on any atom is -0.489 e. The normalized spacial score (nSPS) is 16.7. The first-order chi connectivity index (χ1) is 12.1. The van der Waals surface area contributed by atoms with Crippen LogP contribution in [0.5, 0.6) is 5.75 Å². The van der Waals surface area contributed by atoms with Gasteiger partial charge in [0.05, 0.1) is 36.9 Å². The van der Waals surface area contributed by atoms with Crippen LogP contribution < -0.4 is 14.5 Å². The van der Waals surface area contributed by atoms with Gasteiger partial charge in [0.1, 0.15) is 30.8 Å². The fourth-order valence-electron chi connectivity index (χ4n) is 3.12. The van der Waals surface area contributed by atoms with Gasteiger partial charge in [-0.15, -0.1) is 0 Å². The van der Waals surface area contributed by atoms with E-state index in [1.165, 1.54) is 11.0 Å². The van der Waals surface area contributed by atoms with Gasteiger partial charge in [-0.05, 0) is 24.3 Å². The van der Waals surface area contributed by atoms with E-state index in [1.807, 2.05) is 24.3 Å². The summed E-state index contributed by atoms with van der Waals surface area (Å²) in [5, 5.41) is 10.8. The van der Waals surface area contributed by atoms with Crippen molar-refractivity contribution in [1.29, 1.82) is 0 Å². The van der Waals surface area contributed by atoms with E-state index < -0.39 is 6.10 Å². The third-order valence-electron chi connectivity index (χ3n) is 4.46. The Balaban J connectivity index is 1.44. The van der Waals surface area contributed by atoms with Crippen molar-refractivity contribution in [2.24, 2.45) is 0 Å². The van der Waals surface area contributed by atoms with Crippen molar-refractivity contribution in [1.82, 2.24) is 0 Å². The maximum absolute atomic E-state index is 13.9. The molecule has 0 saturated carbocycles. The van der Waals surface area contributed by atoms with Gasteiger partial charge in [0, 0.05) is 0 Å². The summed E-state index contributed by atoms with van der Waals surface area (Å²) in [7, 11) is 0. The Morgan fingerprint density at radius 1 is 1.12 bits per heavy atom. The standard InChI is InChI=1S/C19H22ClFN2O2/c20-16-5-1-4-8-19(16)25-14-15(24)13-22-9-11-23(12-10-22)18-7-3-2-6-17(18)21/h1-8,15,24H,9-14H2/p+1/t15-/m0/s1. The molecule has 1 fully saturated rings. The fourth-order valence-corrected chi connectivity index (χ4v) is 3.31. The number of benzene rings is 2. The highest BCUT2D eigenvalue weighted by Crippen LogP contribution is 2.23. The van der Waals surface area contributed by atoms with E-state index in [1.54, 1.807) is 18.2 Å². The van der Waals surface area contributed by atoms with E-state index in [9.17, 15) is 9.50 Å². The van der Waals surface area contributed by atoms with Gasteiger partial charge in [0.15, 0.2) is 0 Å². The summed E-state index contributed by atoms with van der Waals surface area (Å²) in [5.41, 5.74) is 0.657. The second-order valence-electron chi connectivity index (χ2n) is 6.29. The maximum atomic E-state index is 13.9. The SMILES string of the molecule is O[C@H](COc1ccccc1Cl)C[NH+]1CCN(c2ccccc2F)CC1. The number of hydrogen-bond donors (Lipinski definition) is 2. The summed E-state index contributed by atoms with van der Waals surface area (Å²) in [6.45, 7) is 4.08. The summed E-state index contributed by atoms with van der Waals surface area (Å²) in [5.74, 6) is 0.404. The number of rotatable bonds is 6. The summed E-state index contributed by atoms with van der Waals surface area (Å²) < 4.78 is 19.5. The predicted molar refractivity (Wildman–Crippen MR) is 97.1 cm³/mol. The van der Waals surface area contributed by atoms with Crippen LogP contribution in [0.25, 0.3) is 0 Å². The molecule has 6 heteroatoms. The summed E-state index contributed by atoms with van der Waals surface area (Å²) >= 11 is 6.04. The van der Waals surface area contributed by atoms with Gasteiger partial charge in [-0.1, -0.05) is 35.9 Å². The molecule has 0 unspecified atom stereocenters. The molecule has 1 atom stereocenters. The minimum atomic E-state index is -0.564. The lowest BCUT2D eigenvalue weighted by molar-refractivity contribution is -0.903. The molecule has 0 amide bonds. The molecule has 134 valence electrons. The smallest absolute Gasteiger partial charge is 0.146 e. The van der Waals surface area contributed by atoms with E-state index in [-0.39, 0.29) is 12.4 Å². The third-order valence-corrected chi connectivity index (χ3v) is 4.77. The molecule has 0 aromatic heterocycles. The highest BCUT2D eigenvalue weighted by atomic mass is 35.5. The van der Waals surface area contributed by atoms with Crippen molar-refractivity contribution in [3.8, 4) is 5.75 Å². The van der Waals surface area contributed by atoms with Crippen molar-refractivity contribution < 1.29 is 19.1 Å². The van der Waals surface area contributed by atoms with Gasteiger partial charge in [0.2, 0.25) is 0 Å². The molecule has 4 nitrogen and oxygen atoms in total. The Labute approximate surface area is 152 Å². The van der Waals surface area contributed by atoms with Crippen molar-refractivity contribution in [2.75, 3.05) is 44.2 Å². The zero-order valence-electron chi connectivity index (χ0n) is 14.0. The Morgan fingerprint density at radius 2 is 1.80 bits per heavy atom. The average molecular weight is 366 g/mol. The third kappa shape index (κ3) is 4.84. The van der Waals surface area contributed by atoms with Crippen LogP contribution in [0.1, 0.15) is 0 Å². The molecule has 1 aliphatic rings. The van der Waals surface area contributed by atoms with E-state index in [4.69, 9.17) is 16.3 Å². The van der Waals surface area contributed by atoms with Crippen LogP contribution >= 0.6 is 11.6 Å². The molecule has 1 aliphatic heterocycles. The number of ether oxygens (including phenoxy) is 1. The number of nitrogens with one attached hydrogen (secondary N) is 1. The van der Waals surface area contributed by atoms with Crippen LogP contribution in [0, 0.1) is 5.82 Å². The molecule has 0 spiro atoms. The molecule has 1 saturated heterocycles. The number of quaternary nitrogens is 1. The molecule has 0 radical (unpaired) electrons. The molecule has 0 aliphatic carbocycles. The predicted octanol–water partition coefficient (Wildman–Crippen LogP) is 1.62. The molecule has 2 aromatic rings. The molecular formula is C19H23ClFN2O2+. The number of halogens is 2. The van der Waals surface area contributed by atoms with Crippen LogP contribution in [0.4, 0.5) is 10.1 Å². The second kappa shape index (κ2) is 8.52. The van der Waals surface area contributed by atoms with Crippen molar-refractivity contribution in [3.05, 3.63) is 59.4 Å². The van der Waals surface area contributed by atoms with Crippen LogP contribution in [0.3, 0.4) is 0 Å². The van der Waals surface area contributed by atoms with Gasteiger partial charge in [0.25, 0.3) is 0 Å². The Kier molecular flexibility index (Phi) is 6.13. The zero-order chi connectivity index (χ0) is 17.6. The van der Waals surface area contributed by atoms with E-state index in [0.717, 1.165) is 26.2 Å². The Hall–Kier alpha value is -1.82. The first-order valence-corrected chi connectivity index (χ1v) is 8.89. The van der Waals surface area contributed by atoms with Crippen molar-refractivity contribution >= 4 is 17.3 Å². The molecule has 0 bridgehead atoms. The van der Waals surface area contributed by atoms with Gasteiger partial charge >= 0.3 is 0 Å². The number of piperazine rings is 1. The maximum Gasteiger partial charge on any atom is 0.146 e. The molecule has 2 N–H and O–H groups in total. The first kappa shape index (κ1) is 18.0. The second-order valence-corrected chi connectivity index (χ2v) is 6.70. The monoisotopic (exact) mass is 365 g/mol. The van der Waals surface area contributed by atoms with Gasteiger partial charge in [-0.2, -0.15) is 0 Å². The van der Waals surface area contributed by atoms with Gasteiger partial charge in [-0.3, -0.25) is 0 Å². The number of hydrogen-bond acceptors (Lipinski definition) is 3. The van der Waals surface area contributed by atoms with Crippen LogP contribution in [0.15, 0.2) is 48.5 Å². The Bertz CT molecular complexity index is 693. The van der Waals surface area contributed by atoms with Crippen LogP contribution in [-0.2, 0) is 0 Å². The molecular weight excluding hydrogens is 343 g/mol. The first-order valence-electron chi connectivity index (χ1n) is 8.52. The lowest BCUT2D eigenvalue weighted by atomic mass is 10.2. The van der Waals surface area contributed by atoms with Crippen molar-refractivity contribution in [3.63, 3.8) is 0 Å². The van der Waals surface area contributed by atoms with E-state index in [0.29, 0.717) is 23.0 Å². The quantitative estimate of drug-likeness (QED) is 0.817. The molecule has 2 aromatic carbocycles. The number of aliphatic hydroxyl groups is 1. The summed E-state index contributed by atoms with van der Waals surface area (Å²) in [4.78, 5) is 3.36. The fraction of sp³-hybridized carbons (Fsp3) is 0.368. The highest BCUT2D eigenvalue weighted by molar-refractivity contribution is 6.32. The molecule has 3 rings (SSSR count). The lowest BCUT2D eigenvalue weighted by Crippen LogP contribution is -3.16. The number of aliphatic hydroxyl groups excluding tert-OH is 1. The number of anilines is 1. The van der Waals surface area contributed by atoms with Crippen LogP contribution in [-0.4, -0.2) is 50.5 Å². The highest BCUT2D eigenvalue weighted by Gasteiger charge is 2.24. The zero-order valence-corrected chi connectivity index (χ0v) is 14.8. The molecule has 1 heterocycles. The Morgan fingerprint density at radius 3 is 2.52 bits per heavy atom. The number of nitrogens with zero attached hydrogens (tertiary/aromatic N) is 1. The number of para-hydroxylation sites is 2. The summed E-state index contributed by atoms with van der Waals surface area (Å²) in [6.07, 6.45) is -0.564. The van der Waals surface area contributed by atoms with Crippen LogP contribution in [0.2, 0.25) is 5.02 Å². The van der Waals surface area contributed by atoms with E-state index >= 15 is 0 Å². The van der Waals surface area contributed by atoms with Gasteiger partial charge in [-0.25, -0.2) is 4.39 Å². The van der Waals surface area contributed by atoms with Crippen molar-refractivity contribution in [2.45, 2.75) is 6.10 Å².